The van der Waals surface area contributed by atoms with Crippen molar-refractivity contribution < 1.29 is 9.53 Å². The number of hydrogen-bond donors (Lipinski definition) is 2. The maximum Gasteiger partial charge on any atom is 0.329 e. The molecule has 172 valence electrons. The Kier molecular flexibility index (Phi) is 7.07. The average molecular weight is 448 g/mol. The number of aromatic nitrogens is 2. The SMILES string of the molecule is CCn1c(=O)[nH]c(C(=O)N[C@H]2CC[C@@H](c3ccccc3)CC2)c(OCc2ccccc2)c1=O. The van der Waals surface area contributed by atoms with E-state index in [4.69, 9.17) is 4.74 Å². The predicted octanol–water partition coefficient (Wildman–Crippen LogP) is 3.59. The first-order chi connectivity index (χ1) is 16.1. The quantitative estimate of drug-likeness (QED) is 0.579. The molecule has 2 N–H and O–H groups in total. The first-order valence-corrected chi connectivity index (χ1v) is 11.5. The van der Waals surface area contributed by atoms with Gasteiger partial charge in [0.1, 0.15) is 6.61 Å². The molecule has 0 spiro atoms. The number of aromatic amines is 1. The van der Waals surface area contributed by atoms with Gasteiger partial charge in [-0.2, -0.15) is 0 Å². The van der Waals surface area contributed by atoms with Crippen LogP contribution < -0.4 is 21.3 Å². The molecule has 7 heteroatoms. The minimum atomic E-state index is -0.618. The molecule has 0 radical (unpaired) electrons. The molecule has 1 aromatic heterocycles. The number of benzene rings is 2. The van der Waals surface area contributed by atoms with E-state index in [1.54, 1.807) is 6.92 Å². The van der Waals surface area contributed by atoms with Gasteiger partial charge in [0.05, 0.1) is 0 Å². The minimum absolute atomic E-state index is 0.0171. The third-order valence-electron chi connectivity index (χ3n) is 6.25. The largest absolute Gasteiger partial charge is 0.481 e. The van der Waals surface area contributed by atoms with Crippen LogP contribution in [-0.2, 0) is 13.2 Å². The lowest BCUT2D eigenvalue weighted by molar-refractivity contribution is 0.0914. The van der Waals surface area contributed by atoms with Crippen molar-refractivity contribution in [3.8, 4) is 5.75 Å². The fraction of sp³-hybridized carbons (Fsp3) is 0.346. The van der Waals surface area contributed by atoms with Crippen molar-refractivity contribution in [3.63, 3.8) is 0 Å². The van der Waals surface area contributed by atoms with E-state index in [9.17, 15) is 14.4 Å². The van der Waals surface area contributed by atoms with Crippen LogP contribution in [0.3, 0.4) is 0 Å². The van der Waals surface area contributed by atoms with Crippen LogP contribution in [0.25, 0.3) is 0 Å². The molecule has 1 aliphatic carbocycles. The van der Waals surface area contributed by atoms with E-state index < -0.39 is 17.2 Å². The summed E-state index contributed by atoms with van der Waals surface area (Å²) in [4.78, 5) is 40.9. The van der Waals surface area contributed by atoms with Gasteiger partial charge in [-0.3, -0.25) is 19.1 Å². The highest BCUT2D eigenvalue weighted by Crippen LogP contribution is 2.32. The van der Waals surface area contributed by atoms with Crippen molar-refractivity contribution in [3.05, 3.63) is 98.3 Å². The molecule has 2 aromatic carbocycles. The van der Waals surface area contributed by atoms with E-state index in [0.717, 1.165) is 35.8 Å². The summed E-state index contributed by atoms with van der Waals surface area (Å²) in [7, 11) is 0. The molecule has 1 saturated carbocycles. The van der Waals surface area contributed by atoms with Crippen molar-refractivity contribution in [2.45, 2.75) is 57.7 Å². The number of ether oxygens (including phenoxy) is 1. The Hall–Kier alpha value is -3.61. The fourth-order valence-corrected chi connectivity index (χ4v) is 4.42. The summed E-state index contributed by atoms with van der Waals surface area (Å²) in [6, 6.07) is 19.8. The van der Waals surface area contributed by atoms with E-state index in [2.05, 4.69) is 34.6 Å². The summed E-state index contributed by atoms with van der Waals surface area (Å²) in [6.45, 7) is 2.00. The number of carbonyl (C=O) groups excluding carboxylic acids is 1. The zero-order valence-electron chi connectivity index (χ0n) is 18.8. The maximum atomic E-state index is 13.1. The zero-order valence-corrected chi connectivity index (χ0v) is 18.8. The molecule has 4 rings (SSSR count). The smallest absolute Gasteiger partial charge is 0.329 e. The Morgan fingerprint density at radius 2 is 1.64 bits per heavy atom. The second kappa shape index (κ2) is 10.3. The molecule has 0 atom stereocenters. The van der Waals surface area contributed by atoms with Gasteiger partial charge < -0.3 is 10.1 Å². The first kappa shape index (κ1) is 22.6. The predicted molar refractivity (Wildman–Crippen MR) is 127 cm³/mol. The van der Waals surface area contributed by atoms with Gasteiger partial charge in [-0.1, -0.05) is 60.7 Å². The third kappa shape index (κ3) is 5.25. The van der Waals surface area contributed by atoms with Crippen molar-refractivity contribution in [1.29, 1.82) is 0 Å². The summed E-state index contributed by atoms with van der Waals surface area (Å²) < 4.78 is 6.80. The van der Waals surface area contributed by atoms with Gasteiger partial charge >= 0.3 is 5.69 Å². The summed E-state index contributed by atoms with van der Waals surface area (Å²) in [5.74, 6) is -0.133. The highest BCUT2D eigenvalue weighted by molar-refractivity contribution is 5.94. The van der Waals surface area contributed by atoms with Crippen LogP contribution in [0.1, 0.15) is 60.1 Å². The van der Waals surface area contributed by atoms with Crippen LogP contribution in [-0.4, -0.2) is 21.5 Å². The zero-order chi connectivity index (χ0) is 23.2. The highest BCUT2D eigenvalue weighted by Gasteiger charge is 2.26. The monoisotopic (exact) mass is 447 g/mol. The topological polar surface area (TPSA) is 93.2 Å². The maximum absolute atomic E-state index is 13.1. The van der Waals surface area contributed by atoms with Gasteiger partial charge in [0, 0.05) is 12.6 Å². The van der Waals surface area contributed by atoms with Gasteiger partial charge in [0.2, 0.25) is 5.75 Å². The molecule has 7 nitrogen and oxygen atoms in total. The summed E-state index contributed by atoms with van der Waals surface area (Å²) in [5.41, 5.74) is 0.849. The van der Waals surface area contributed by atoms with Crippen molar-refractivity contribution >= 4 is 5.91 Å². The number of nitrogens with zero attached hydrogens (tertiary/aromatic N) is 1. The first-order valence-electron chi connectivity index (χ1n) is 11.5. The second-order valence-corrected chi connectivity index (χ2v) is 8.39. The van der Waals surface area contributed by atoms with Crippen LogP contribution in [0.4, 0.5) is 0 Å². The molecule has 1 fully saturated rings. The Bertz CT molecular complexity index is 1190. The summed E-state index contributed by atoms with van der Waals surface area (Å²) in [5, 5.41) is 3.00. The molecular weight excluding hydrogens is 418 g/mol. The van der Waals surface area contributed by atoms with E-state index in [1.807, 2.05) is 36.4 Å². The summed E-state index contributed by atoms with van der Waals surface area (Å²) in [6.07, 6.45) is 3.62. The Morgan fingerprint density at radius 1 is 1.00 bits per heavy atom. The Labute approximate surface area is 192 Å². The highest BCUT2D eigenvalue weighted by atomic mass is 16.5. The third-order valence-corrected chi connectivity index (χ3v) is 6.25. The number of H-pyrrole nitrogens is 1. The van der Waals surface area contributed by atoms with Gasteiger partial charge in [-0.15, -0.1) is 0 Å². The normalized spacial score (nSPS) is 18.0. The molecule has 1 amide bonds. The van der Waals surface area contributed by atoms with Gasteiger partial charge in [-0.25, -0.2) is 4.79 Å². The fourth-order valence-electron chi connectivity index (χ4n) is 4.42. The van der Waals surface area contributed by atoms with Gasteiger partial charge in [0.15, 0.2) is 5.69 Å². The van der Waals surface area contributed by atoms with Crippen molar-refractivity contribution in [1.82, 2.24) is 14.9 Å². The average Bonchev–Trinajstić information content (AvgIpc) is 2.85. The van der Waals surface area contributed by atoms with E-state index in [-0.39, 0.29) is 30.6 Å². The summed E-state index contributed by atoms with van der Waals surface area (Å²) >= 11 is 0. The molecule has 0 bridgehead atoms. The molecule has 0 aliphatic heterocycles. The van der Waals surface area contributed by atoms with Crippen molar-refractivity contribution in [2.24, 2.45) is 0 Å². The number of carbonyl (C=O) groups is 1. The van der Waals surface area contributed by atoms with Crippen molar-refractivity contribution in [2.75, 3.05) is 0 Å². The number of rotatable bonds is 7. The lowest BCUT2D eigenvalue weighted by Gasteiger charge is -2.29. The lowest BCUT2D eigenvalue weighted by atomic mass is 9.82. The molecule has 0 unspecified atom stereocenters. The van der Waals surface area contributed by atoms with Crippen LogP contribution in [0.5, 0.6) is 5.75 Å². The van der Waals surface area contributed by atoms with Crippen LogP contribution in [0.2, 0.25) is 0 Å². The Balaban J connectivity index is 1.49. The van der Waals surface area contributed by atoms with E-state index >= 15 is 0 Å². The molecule has 1 aliphatic rings. The van der Waals surface area contributed by atoms with Crippen LogP contribution >= 0.6 is 0 Å². The number of hydrogen-bond acceptors (Lipinski definition) is 4. The van der Waals surface area contributed by atoms with Gasteiger partial charge in [0.25, 0.3) is 11.5 Å². The van der Waals surface area contributed by atoms with Crippen LogP contribution in [0, 0.1) is 0 Å². The molecule has 1 heterocycles. The van der Waals surface area contributed by atoms with E-state index in [0.29, 0.717) is 5.92 Å². The molecular formula is C26H29N3O4. The second-order valence-electron chi connectivity index (χ2n) is 8.39. The lowest BCUT2D eigenvalue weighted by Crippen LogP contribution is -2.42. The molecule has 3 aromatic rings. The molecule has 33 heavy (non-hydrogen) atoms. The standard InChI is InChI=1S/C26H29N3O4/c1-2-29-25(31)23(33-17-18-9-5-3-6-10-18)22(28-26(29)32)24(30)27-21-15-13-20(14-16-21)19-11-7-4-8-12-19/h3-12,20-21H,2,13-17H2,1H3,(H,27,30)(H,28,32)/t20-,21+. The van der Waals surface area contributed by atoms with E-state index in [1.165, 1.54) is 5.56 Å². The number of amides is 1. The molecule has 0 saturated heterocycles. The van der Waals surface area contributed by atoms with Crippen LogP contribution in [0.15, 0.2) is 70.3 Å². The van der Waals surface area contributed by atoms with Gasteiger partial charge in [-0.05, 0) is 49.7 Å². The minimum Gasteiger partial charge on any atom is -0.481 e. The Morgan fingerprint density at radius 3 is 2.27 bits per heavy atom. The number of nitrogens with one attached hydrogen (secondary N) is 2.